The number of para-hydroxylation sites is 1. The highest BCUT2D eigenvalue weighted by Gasteiger charge is 2.32. The Hall–Kier alpha value is -1.84. The van der Waals surface area contributed by atoms with Gasteiger partial charge in [-0.3, -0.25) is 0 Å². The summed E-state index contributed by atoms with van der Waals surface area (Å²) in [7, 11) is 0. The van der Waals surface area contributed by atoms with Crippen LogP contribution in [0.4, 0.5) is 5.69 Å². The summed E-state index contributed by atoms with van der Waals surface area (Å²) in [5.74, 6) is 1.25. The number of aryl methyl sites for hydroxylation is 1. The van der Waals surface area contributed by atoms with Crippen LogP contribution in [0.5, 0.6) is 0 Å². The fraction of sp³-hybridized carbons (Fsp3) is 0.529. The lowest BCUT2D eigenvalue weighted by Crippen LogP contribution is -2.39. The number of hydrogen-bond acceptors (Lipinski definition) is 4. The molecule has 0 aliphatic heterocycles. The summed E-state index contributed by atoms with van der Waals surface area (Å²) in [6.07, 6.45) is 5.11. The van der Waals surface area contributed by atoms with Crippen LogP contribution in [-0.2, 0) is 0 Å². The molecule has 1 unspecified atom stereocenters. The lowest BCUT2D eigenvalue weighted by Gasteiger charge is -2.39. The van der Waals surface area contributed by atoms with E-state index in [0.717, 1.165) is 11.3 Å². The van der Waals surface area contributed by atoms with E-state index in [0.29, 0.717) is 23.2 Å². The second-order valence-electron chi connectivity index (χ2n) is 6.62. The predicted octanol–water partition coefficient (Wildman–Crippen LogP) is 4.43. The summed E-state index contributed by atoms with van der Waals surface area (Å²) in [5, 5.41) is 7.62. The van der Waals surface area contributed by atoms with Crippen molar-refractivity contribution in [2.24, 2.45) is 5.41 Å². The van der Waals surface area contributed by atoms with Crippen LogP contribution in [0.2, 0.25) is 0 Å². The molecule has 112 valence electrons. The van der Waals surface area contributed by atoms with Gasteiger partial charge in [-0.15, -0.1) is 0 Å². The monoisotopic (exact) mass is 285 g/mol. The summed E-state index contributed by atoms with van der Waals surface area (Å²) in [5.41, 5.74) is 2.39. The average Bonchev–Trinajstić information content (AvgIpc) is 2.88. The van der Waals surface area contributed by atoms with Crippen molar-refractivity contribution in [2.75, 3.05) is 5.32 Å². The Labute approximate surface area is 126 Å². The van der Waals surface area contributed by atoms with E-state index in [1.807, 2.05) is 25.1 Å². The standard InChI is InChI=1S/C17H23N3O/c1-12-18-16(21-20-12)13-8-4-5-9-14(13)19-15-10-6-7-11-17(15,2)3/h4-5,8-9,15,19H,6-7,10-11H2,1-3H3. The molecule has 21 heavy (non-hydrogen) atoms. The van der Waals surface area contributed by atoms with E-state index in [2.05, 4.69) is 35.4 Å². The molecule has 1 saturated carbocycles. The van der Waals surface area contributed by atoms with E-state index in [1.54, 1.807) is 0 Å². The first-order valence-corrected chi connectivity index (χ1v) is 7.72. The minimum Gasteiger partial charge on any atom is -0.381 e. The minimum atomic E-state index is 0.316. The second-order valence-corrected chi connectivity index (χ2v) is 6.62. The molecule has 0 amide bonds. The van der Waals surface area contributed by atoms with Crippen LogP contribution in [0, 0.1) is 12.3 Å². The van der Waals surface area contributed by atoms with E-state index < -0.39 is 0 Å². The molecule has 4 heteroatoms. The fourth-order valence-electron chi connectivity index (χ4n) is 3.15. The van der Waals surface area contributed by atoms with Gasteiger partial charge in [-0.05, 0) is 37.3 Å². The van der Waals surface area contributed by atoms with E-state index in [9.17, 15) is 0 Å². The molecule has 1 aromatic carbocycles. The molecule has 1 N–H and O–H groups in total. The first-order valence-electron chi connectivity index (χ1n) is 7.72. The number of hydrogen-bond donors (Lipinski definition) is 1. The first kappa shape index (κ1) is 14.1. The van der Waals surface area contributed by atoms with Crippen molar-refractivity contribution >= 4 is 5.69 Å². The van der Waals surface area contributed by atoms with Gasteiger partial charge in [-0.25, -0.2) is 0 Å². The Morgan fingerprint density at radius 3 is 2.76 bits per heavy atom. The van der Waals surface area contributed by atoms with Gasteiger partial charge in [0.05, 0.1) is 5.56 Å². The van der Waals surface area contributed by atoms with Crippen LogP contribution in [0.25, 0.3) is 11.5 Å². The third kappa shape index (κ3) is 2.94. The predicted molar refractivity (Wildman–Crippen MR) is 84.1 cm³/mol. The third-order valence-electron chi connectivity index (χ3n) is 4.52. The minimum absolute atomic E-state index is 0.316. The largest absolute Gasteiger partial charge is 0.381 e. The zero-order valence-corrected chi connectivity index (χ0v) is 13.0. The number of anilines is 1. The molecule has 4 nitrogen and oxygen atoms in total. The van der Waals surface area contributed by atoms with Gasteiger partial charge in [0.25, 0.3) is 5.89 Å². The van der Waals surface area contributed by atoms with Crippen molar-refractivity contribution < 1.29 is 4.52 Å². The van der Waals surface area contributed by atoms with Gasteiger partial charge in [-0.2, -0.15) is 4.98 Å². The number of benzene rings is 1. The zero-order valence-electron chi connectivity index (χ0n) is 13.0. The third-order valence-corrected chi connectivity index (χ3v) is 4.52. The lowest BCUT2D eigenvalue weighted by molar-refractivity contribution is 0.217. The second kappa shape index (κ2) is 5.51. The molecule has 0 radical (unpaired) electrons. The van der Waals surface area contributed by atoms with Gasteiger partial charge in [0, 0.05) is 11.7 Å². The van der Waals surface area contributed by atoms with Crippen molar-refractivity contribution in [2.45, 2.75) is 52.5 Å². The van der Waals surface area contributed by atoms with E-state index in [-0.39, 0.29) is 0 Å². The smallest absolute Gasteiger partial charge is 0.260 e. The lowest BCUT2D eigenvalue weighted by atomic mass is 9.73. The summed E-state index contributed by atoms with van der Waals surface area (Å²) >= 11 is 0. The Balaban J connectivity index is 1.89. The van der Waals surface area contributed by atoms with E-state index >= 15 is 0 Å². The van der Waals surface area contributed by atoms with Gasteiger partial charge in [0.2, 0.25) is 0 Å². The quantitative estimate of drug-likeness (QED) is 0.906. The van der Waals surface area contributed by atoms with Gasteiger partial charge in [0.1, 0.15) is 0 Å². The number of nitrogens with one attached hydrogen (secondary N) is 1. The highest BCUT2D eigenvalue weighted by molar-refractivity contribution is 5.72. The van der Waals surface area contributed by atoms with Crippen molar-refractivity contribution in [1.82, 2.24) is 10.1 Å². The normalized spacial score (nSPS) is 21.2. The highest BCUT2D eigenvalue weighted by Crippen LogP contribution is 2.38. The Morgan fingerprint density at radius 1 is 1.24 bits per heavy atom. The van der Waals surface area contributed by atoms with Crippen molar-refractivity contribution in [3.8, 4) is 11.5 Å². The Bertz CT molecular complexity index is 618. The molecule has 1 aliphatic carbocycles. The van der Waals surface area contributed by atoms with Crippen molar-refractivity contribution in [1.29, 1.82) is 0 Å². The first-order chi connectivity index (χ1) is 10.1. The molecule has 1 fully saturated rings. The van der Waals surface area contributed by atoms with Gasteiger partial charge in [-0.1, -0.05) is 44.0 Å². The molecule has 3 rings (SSSR count). The Kier molecular flexibility index (Phi) is 3.70. The maximum atomic E-state index is 5.33. The van der Waals surface area contributed by atoms with Crippen LogP contribution in [0.3, 0.4) is 0 Å². The molecule has 0 bridgehead atoms. The molecule has 2 aromatic rings. The van der Waals surface area contributed by atoms with Crippen molar-refractivity contribution in [3.05, 3.63) is 30.1 Å². The van der Waals surface area contributed by atoms with Crippen LogP contribution < -0.4 is 5.32 Å². The summed E-state index contributed by atoms with van der Waals surface area (Å²) in [4.78, 5) is 4.35. The number of nitrogens with zero attached hydrogens (tertiary/aromatic N) is 2. The molecule has 0 saturated heterocycles. The summed E-state index contributed by atoms with van der Waals surface area (Å²) < 4.78 is 5.33. The Morgan fingerprint density at radius 2 is 2.05 bits per heavy atom. The molecular formula is C17H23N3O. The topological polar surface area (TPSA) is 51.0 Å². The molecule has 1 heterocycles. The van der Waals surface area contributed by atoms with Crippen LogP contribution in [-0.4, -0.2) is 16.2 Å². The molecule has 1 aromatic heterocycles. The van der Waals surface area contributed by atoms with Crippen LogP contribution in [0.1, 0.15) is 45.4 Å². The molecule has 1 aliphatic rings. The SMILES string of the molecule is Cc1noc(-c2ccccc2NC2CCCCC2(C)C)n1. The summed E-state index contributed by atoms with van der Waals surface area (Å²) in [6.45, 7) is 6.54. The van der Waals surface area contributed by atoms with Crippen LogP contribution in [0.15, 0.2) is 28.8 Å². The van der Waals surface area contributed by atoms with Gasteiger partial charge >= 0.3 is 0 Å². The maximum absolute atomic E-state index is 5.33. The van der Waals surface area contributed by atoms with Gasteiger partial charge < -0.3 is 9.84 Å². The fourth-order valence-corrected chi connectivity index (χ4v) is 3.15. The zero-order chi connectivity index (χ0) is 14.9. The van der Waals surface area contributed by atoms with Crippen LogP contribution >= 0.6 is 0 Å². The molecule has 1 atom stereocenters. The summed E-state index contributed by atoms with van der Waals surface area (Å²) in [6, 6.07) is 8.66. The van der Waals surface area contributed by atoms with E-state index in [1.165, 1.54) is 25.7 Å². The molecular weight excluding hydrogens is 262 g/mol. The maximum Gasteiger partial charge on any atom is 0.260 e. The van der Waals surface area contributed by atoms with Crippen molar-refractivity contribution in [3.63, 3.8) is 0 Å². The van der Waals surface area contributed by atoms with E-state index in [4.69, 9.17) is 4.52 Å². The number of aromatic nitrogens is 2. The highest BCUT2D eigenvalue weighted by atomic mass is 16.5. The van der Waals surface area contributed by atoms with Gasteiger partial charge in [0.15, 0.2) is 5.82 Å². The molecule has 0 spiro atoms. The average molecular weight is 285 g/mol. The number of rotatable bonds is 3.